The summed E-state index contributed by atoms with van der Waals surface area (Å²) in [5.41, 5.74) is 1.63. The monoisotopic (exact) mass is 313 g/mol. The van der Waals surface area contributed by atoms with Crippen LogP contribution in [-0.2, 0) is 10.0 Å². The van der Waals surface area contributed by atoms with E-state index < -0.39 is 15.8 Å². The maximum Gasteiger partial charge on any atom is 0.355 e. The lowest BCUT2D eigenvalue weighted by Crippen LogP contribution is -2.21. The summed E-state index contributed by atoms with van der Waals surface area (Å²) in [6.45, 7) is 3.46. The summed E-state index contributed by atoms with van der Waals surface area (Å²) in [6, 6.07) is 3.35. The van der Waals surface area contributed by atoms with E-state index in [1.165, 1.54) is 0 Å². The Morgan fingerprint density at radius 3 is 2.31 bits per heavy atom. The number of aryl methyl sites for hydroxylation is 2. The van der Waals surface area contributed by atoms with Gasteiger partial charge in [-0.3, -0.25) is 4.72 Å². The van der Waals surface area contributed by atoms with Crippen molar-refractivity contribution in [2.75, 3.05) is 4.72 Å². The first-order chi connectivity index (χ1) is 7.24. The van der Waals surface area contributed by atoms with Crippen LogP contribution in [0.3, 0.4) is 0 Å². The Labute approximate surface area is 101 Å². The van der Waals surface area contributed by atoms with Crippen molar-refractivity contribution < 1.29 is 17.2 Å². The van der Waals surface area contributed by atoms with E-state index in [4.69, 9.17) is 0 Å². The van der Waals surface area contributed by atoms with Crippen molar-refractivity contribution in [3.63, 3.8) is 0 Å². The van der Waals surface area contributed by atoms with Crippen molar-refractivity contribution in [1.29, 1.82) is 0 Å². The van der Waals surface area contributed by atoms with Crippen LogP contribution in [0.25, 0.3) is 0 Å². The smallest absolute Gasteiger partial charge is 0.277 e. The van der Waals surface area contributed by atoms with E-state index in [0.717, 1.165) is 5.56 Å². The molecular weight excluding hydrogens is 304 g/mol. The molecule has 0 bridgehead atoms. The Bertz CT molecular complexity index is 479. The minimum Gasteiger partial charge on any atom is -0.277 e. The summed E-state index contributed by atoms with van der Waals surface area (Å²) >= 11 is 3.13. The zero-order valence-corrected chi connectivity index (χ0v) is 11.0. The van der Waals surface area contributed by atoms with E-state index in [1.807, 2.05) is 11.6 Å². The van der Waals surface area contributed by atoms with E-state index in [0.29, 0.717) is 10.0 Å². The lowest BCUT2D eigenvalue weighted by molar-refractivity contribution is 0.236. The van der Waals surface area contributed by atoms with E-state index in [2.05, 4.69) is 15.9 Å². The Hall–Kier alpha value is -0.690. The number of hydrogen-bond donors (Lipinski definition) is 1. The highest BCUT2D eigenvalue weighted by molar-refractivity contribution is 9.10. The lowest BCUT2D eigenvalue weighted by atomic mass is 10.1. The molecule has 0 aliphatic heterocycles. The number of hydrogen-bond acceptors (Lipinski definition) is 2. The minimum absolute atomic E-state index is 0.144. The molecule has 90 valence electrons. The van der Waals surface area contributed by atoms with Crippen LogP contribution in [0.5, 0.6) is 0 Å². The number of benzene rings is 1. The largest absolute Gasteiger partial charge is 0.355 e. The van der Waals surface area contributed by atoms with Crippen molar-refractivity contribution in [3.05, 3.63) is 27.7 Å². The van der Waals surface area contributed by atoms with E-state index in [1.54, 1.807) is 19.1 Å². The van der Waals surface area contributed by atoms with Gasteiger partial charge in [-0.05, 0) is 47.0 Å². The molecule has 0 aromatic heterocycles. The Morgan fingerprint density at radius 2 is 1.88 bits per heavy atom. The summed E-state index contributed by atoms with van der Waals surface area (Å²) in [5, 5.41) is 0. The highest BCUT2D eigenvalue weighted by Gasteiger charge is 2.25. The molecule has 0 unspecified atom stereocenters. The molecule has 1 N–H and O–H groups in total. The van der Waals surface area contributed by atoms with Gasteiger partial charge in [0.25, 0.3) is 10.0 Å². The number of anilines is 1. The molecule has 0 spiro atoms. The molecule has 0 aliphatic rings. The van der Waals surface area contributed by atoms with Crippen LogP contribution in [0.1, 0.15) is 11.1 Å². The predicted molar refractivity (Wildman–Crippen MR) is 62.2 cm³/mol. The van der Waals surface area contributed by atoms with E-state index in [9.17, 15) is 17.2 Å². The molecule has 3 nitrogen and oxygen atoms in total. The van der Waals surface area contributed by atoms with Gasteiger partial charge in [0.15, 0.2) is 0 Å². The SMILES string of the molecule is Cc1cc(C)c(NS(=O)(=O)C(F)F)c(Br)c1. The molecule has 1 aromatic carbocycles. The van der Waals surface area contributed by atoms with Gasteiger partial charge >= 0.3 is 5.76 Å². The Balaban J connectivity index is 3.17. The molecule has 0 saturated heterocycles. The molecule has 0 heterocycles. The minimum atomic E-state index is -4.62. The van der Waals surface area contributed by atoms with Gasteiger partial charge in [0.1, 0.15) is 0 Å². The van der Waals surface area contributed by atoms with E-state index in [-0.39, 0.29) is 5.69 Å². The van der Waals surface area contributed by atoms with Gasteiger partial charge in [-0.25, -0.2) is 8.42 Å². The molecule has 16 heavy (non-hydrogen) atoms. The number of alkyl halides is 2. The molecule has 0 aliphatic carbocycles. The maximum atomic E-state index is 12.2. The topological polar surface area (TPSA) is 46.2 Å². The standard InChI is InChI=1S/C9H10BrF2NO2S/c1-5-3-6(2)8(7(10)4-5)13-16(14,15)9(11)12/h3-4,9,13H,1-2H3. The number of sulfonamides is 1. The highest BCUT2D eigenvalue weighted by Crippen LogP contribution is 2.29. The van der Waals surface area contributed by atoms with Crippen molar-refractivity contribution in [2.45, 2.75) is 19.6 Å². The molecule has 1 aromatic rings. The van der Waals surface area contributed by atoms with Crippen LogP contribution in [0.2, 0.25) is 0 Å². The zero-order chi connectivity index (χ0) is 12.5. The molecule has 0 amide bonds. The summed E-state index contributed by atoms with van der Waals surface area (Å²) < 4.78 is 48.7. The third kappa shape index (κ3) is 2.91. The van der Waals surface area contributed by atoms with Crippen LogP contribution in [0.4, 0.5) is 14.5 Å². The van der Waals surface area contributed by atoms with Crippen LogP contribution in [0.15, 0.2) is 16.6 Å². The van der Waals surface area contributed by atoms with Crippen LogP contribution in [0, 0.1) is 13.8 Å². The highest BCUT2D eigenvalue weighted by atomic mass is 79.9. The second-order valence-corrected chi connectivity index (χ2v) is 5.85. The van der Waals surface area contributed by atoms with Crippen molar-refractivity contribution in [1.82, 2.24) is 0 Å². The van der Waals surface area contributed by atoms with Crippen LogP contribution < -0.4 is 4.72 Å². The van der Waals surface area contributed by atoms with Gasteiger partial charge in [-0.1, -0.05) is 6.07 Å². The van der Waals surface area contributed by atoms with Crippen molar-refractivity contribution in [2.24, 2.45) is 0 Å². The molecule has 7 heteroatoms. The number of rotatable bonds is 3. The second kappa shape index (κ2) is 4.67. The van der Waals surface area contributed by atoms with Gasteiger partial charge in [0, 0.05) is 4.47 Å². The fraction of sp³-hybridized carbons (Fsp3) is 0.333. The number of nitrogens with one attached hydrogen (secondary N) is 1. The van der Waals surface area contributed by atoms with Crippen LogP contribution >= 0.6 is 15.9 Å². The summed E-state index contributed by atoms with van der Waals surface area (Å²) in [4.78, 5) is 0. The normalized spacial score (nSPS) is 11.9. The first-order valence-electron chi connectivity index (χ1n) is 4.30. The quantitative estimate of drug-likeness (QED) is 0.932. The Morgan fingerprint density at radius 1 is 1.31 bits per heavy atom. The molecule has 0 saturated carbocycles. The number of halogens is 3. The average molecular weight is 314 g/mol. The third-order valence-electron chi connectivity index (χ3n) is 1.91. The van der Waals surface area contributed by atoms with Gasteiger partial charge in [0.05, 0.1) is 5.69 Å². The van der Waals surface area contributed by atoms with Crippen molar-refractivity contribution >= 4 is 31.6 Å². The average Bonchev–Trinajstić information content (AvgIpc) is 2.11. The van der Waals surface area contributed by atoms with Gasteiger partial charge in [0.2, 0.25) is 0 Å². The third-order valence-corrected chi connectivity index (χ3v) is 3.49. The van der Waals surface area contributed by atoms with E-state index >= 15 is 0 Å². The van der Waals surface area contributed by atoms with Gasteiger partial charge in [-0.2, -0.15) is 8.78 Å². The first kappa shape index (κ1) is 13.4. The van der Waals surface area contributed by atoms with Crippen molar-refractivity contribution in [3.8, 4) is 0 Å². The van der Waals surface area contributed by atoms with Gasteiger partial charge < -0.3 is 0 Å². The fourth-order valence-corrected chi connectivity index (χ4v) is 2.78. The predicted octanol–water partition coefficient (Wildman–Crippen LogP) is 3.03. The molecule has 1 rings (SSSR count). The molecule has 0 atom stereocenters. The second-order valence-electron chi connectivity index (χ2n) is 3.35. The van der Waals surface area contributed by atoms with Gasteiger partial charge in [-0.15, -0.1) is 0 Å². The molecule has 0 radical (unpaired) electrons. The molecule has 0 fully saturated rings. The lowest BCUT2D eigenvalue weighted by Gasteiger charge is -2.12. The van der Waals surface area contributed by atoms with Crippen LogP contribution in [-0.4, -0.2) is 14.2 Å². The zero-order valence-electron chi connectivity index (χ0n) is 8.59. The summed E-state index contributed by atoms with van der Waals surface area (Å²) in [5.74, 6) is -3.44. The summed E-state index contributed by atoms with van der Waals surface area (Å²) in [7, 11) is -4.62. The summed E-state index contributed by atoms with van der Waals surface area (Å²) in [6.07, 6.45) is 0. The Kier molecular flexibility index (Phi) is 3.90. The fourth-order valence-electron chi connectivity index (χ4n) is 1.23. The first-order valence-corrected chi connectivity index (χ1v) is 6.64. The maximum absolute atomic E-state index is 12.2. The molecular formula is C9H10BrF2NO2S.